The molecule has 3 heterocycles. The van der Waals surface area contributed by atoms with Crippen LogP contribution in [0.4, 0.5) is 10.1 Å². The van der Waals surface area contributed by atoms with Gasteiger partial charge in [-0.2, -0.15) is 0 Å². The molecule has 2 aromatic carbocycles. The van der Waals surface area contributed by atoms with E-state index in [0.717, 1.165) is 17.2 Å². The van der Waals surface area contributed by atoms with Crippen LogP contribution in [0.25, 0.3) is 10.8 Å². The van der Waals surface area contributed by atoms with Crippen molar-refractivity contribution in [3.05, 3.63) is 73.4 Å². The number of aromatic nitrogens is 1. The van der Waals surface area contributed by atoms with Gasteiger partial charge in [-0.1, -0.05) is 23.2 Å². The molecular weight excluding hydrogens is 534 g/mol. The van der Waals surface area contributed by atoms with Crippen molar-refractivity contribution in [1.82, 2.24) is 14.8 Å². The van der Waals surface area contributed by atoms with Crippen LogP contribution in [0.3, 0.4) is 0 Å². The zero-order valence-electron chi connectivity index (χ0n) is 20.7. The number of nitrogens with one attached hydrogen (secondary N) is 2. The highest BCUT2D eigenvalue weighted by Gasteiger charge is 2.30. The molecule has 2 amide bonds. The fourth-order valence-corrected chi connectivity index (χ4v) is 5.99. The van der Waals surface area contributed by atoms with Gasteiger partial charge in [0.15, 0.2) is 0 Å². The highest BCUT2D eigenvalue weighted by molar-refractivity contribution is 6.35. The molecule has 3 aromatic rings. The minimum absolute atomic E-state index is 0.0471. The number of aliphatic hydroxyl groups excluding tert-OH is 1. The van der Waals surface area contributed by atoms with E-state index in [9.17, 15) is 23.9 Å². The van der Waals surface area contributed by atoms with E-state index < -0.39 is 17.5 Å². The Morgan fingerprint density at radius 2 is 1.87 bits per heavy atom. The van der Waals surface area contributed by atoms with Crippen LogP contribution in [0, 0.1) is 5.82 Å². The van der Waals surface area contributed by atoms with Crippen LogP contribution >= 0.6 is 23.2 Å². The molecule has 0 spiro atoms. The van der Waals surface area contributed by atoms with Crippen molar-refractivity contribution in [2.24, 2.45) is 0 Å². The lowest BCUT2D eigenvalue weighted by Crippen LogP contribution is -2.42. The Morgan fingerprint density at radius 1 is 1.13 bits per heavy atom. The molecule has 0 saturated carbocycles. The molecule has 1 fully saturated rings. The molecular formula is C27H27Cl2FN4O4. The van der Waals surface area contributed by atoms with Gasteiger partial charge in [-0.15, -0.1) is 0 Å². The van der Waals surface area contributed by atoms with Gasteiger partial charge in [-0.3, -0.25) is 14.4 Å². The molecule has 38 heavy (non-hydrogen) atoms. The normalized spacial score (nSPS) is 18.0. The summed E-state index contributed by atoms with van der Waals surface area (Å²) in [6.07, 6.45) is 1.11. The number of hydrogen-bond acceptors (Lipinski definition) is 5. The van der Waals surface area contributed by atoms with E-state index in [0.29, 0.717) is 54.3 Å². The van der Waals surface area contributed by atoms with Gasteiger partial charge in [-0.05, 0) is 73.0 Å². The highest BCUT2D eigenvalue weighted by Crippen LogP contribution is 2.37. The van der Waals surface area contributed by atoms with Crippen LogP contribution < -0.4 is 10.9 Å². The number of benzene rings is 2. The lowest BCUT2D eigenvalue weighted by molar-refractivity contribution is -0.131. The number of fused-ring (bicyclic) bond motifs is 2. The summed E-state index contributed by atoms with van der Waals surface area (Å²) in [4.78, 5) is 44.4. The first kappa shape index (κ1) is 26.5. The Bertz CT molecular complexity index is 1490. The second-order valence-corrected chi connectivity index (χ2v) is 10.6. The molecule has 200 valence electrons. The summed E-state index contributed by atoms with van der Waals surface area (Å²) in [6, 6.07) is 7.27. The van der Waals surface area contributed by atoms with Gasteiger partial charge >= 0.3 is 0 Å². The number of aliphatic hydroxyl groups is 1. The Hall–Kier alpha value is -3.14. The van der Waals surface area contributed by atoms with Crippen LogP contribution in [0.1, 0.15) is 47.4 Å². The first-order chi connectivity index (χ1) is 18.1. The third kappa shape index (κ3) is 5.10. The van der Waals surface area contributed by atoms with Crippen LogP contribution in [0.5, 0.6) is 0 Å². The Labute approximate surface area is 228 Å². The van der Waals surface area contributed by atoms with Gasteiger partial charge in [0, 0.05) is 29.7 Å². The van der Waals surface area contributed by atoms with E-state index in [4.69, 9.17) is 23.2 Å². The van der Waals surface area contributed by atoms with Crippen molar-refractivity contribution >= 4 is 51.5 Å². The number of likely N-dealkylation sites (tertiary alicyclic amines) is 1. The molecule has 11 heteroatoms. The van der Waals surface area contributed by atoms with E-state index in [1.807, 2.05) is 13.0 Å². The fourth-order valence-electron chi connectivity index (χ4n) is 5.29. The SMILES string of the molecule is CC1c2c(Cl)cc(Cl)cc2CCN1C(=O)CNc1cc2cc(C(=O)N3CCC(O)CC3)[nH]c(=O)c2cc1F. The minimum atomic E-state index is -0.686. The van der Waals surface area contributed by atoms with E-state index >= 15 is 0 Å². The third-order valence-corrected chi connectivity index (χ3v) is 7.88. The van der Waals surface area contributed by atoms with Crippen LogP contribution in [0.2, 0.25) is 10.0 Å². The molecule has 1 unspecified atom stereocenters. The zero-order valence-corrected chi connectivity index (χ0v) is 22.2. The van der Waals surface area contributed by atoms with Crippen LogP contribution in [-0.2, 0) is 11.2 Å². The van der Waals surface area contributed by atoms with Crippen molar-refractivity contribution in [2.45, 2.75) is 38.3 Å². The molecule has 1 aromatic heterocycles. The average Bonchev–Trinajstić information content (AvgIpc) is 2.87. The molecule has 0 radical (unpaired) electrons. The Balaban J connectivity index is 1.34. The van der Waals surface area contributed by atoms with E-state index in [2.05, 4.69) is 10.3 Å². The van der Waals surface area contributed by atoms with Gasteiger partial charge in [0.2, 0.25) is 5.91 Å². The maximum absolute atomic E-state index is 14.9. The van der Waals surface area contributed by atoms with Gasteiger partial charge in [-0.25, -0.2) is 4.39 Å². The number of pyridine rings is 1. The molecule has 5 rings (SSSR count). The second-order valence-electron chi connectivity index (χ2n) is 9.78. The van der Waals surface area contributed by atoms with Gasteiger partial charge in [0.05, 0.1) is 29.8 Å². The number of hydrogen-bond donors (Lipinski definition) is 3. The second kappa shape index (κ2) is 10.6. The van der Waals surface area contributed by atoms with Crippen molar-refractivity contribution < 1.29 is 19.1 Å². The Morgan fingerprint density at radius 3 is 2.61 bits per heavy atom. The monoisotopic (exact) mass is 560 g/mol. The predicted octanol–water partition coefficient (Wildman–Crippen LogP) is 4.13. The molecule has 2 aliphatic heterocycles. The smallest absolute Gasteiger partial charge is 0.270 e. The largest absolute Gasteiger partial charge is 0.393 e. The van der Waals surface area contributed by atoms with Crippen molar-refractivity contribution in [3.8, 4) is 0 Å². The molecule has 1 atom stereocenters. The Kier molecular flexibility index (Phi) is 7.35. The molecule has 8 nitrogen and oxygen atoms in total. The summed E-state index contributed by atoms with van der Waals surface area (Å²) in [5, 5.41) is 14.1. The maximum atomic E-state index is 14.9. The topological polar surface area (TPSA) is 106 Å². The summed E-state index contributed by atoms with van der Waals surface area (Å²) in [5.41, 5.74) is 1.41. The zero-order chi connectivity index (χ0) is 27.1. The molecule has 2 aliphatic rings. The van der Waals surface area contributed by atoms with Crippen molar-refractivity contribution in [3.63, 3.8) is 0 Å². The molecule has 1 saturated heterocycles. The summed E-state index contributed by atoms with van der Waals surface area (Å²) < 4.78 is 14.9. The fraction of sp³-hybridized carbons (Fsp3) is 0.370. The first-order valence-corrected chi connectivity index (χ1v) is 13.2. The number of piperidine rings is 1. The molecule has 0 bridgehead atoms. The van der Waals surface area contributed by atoms with Crippen LogP contribution in [0.15, 0.2) is 35.1 Å². The highest BCUT2D eigenvalue weighted by atomic mass is 35.5. The first-order valence-electron chi connectivity index (χ1n) is 12.5. The number of carbonyl (C=O) groups is 2. The van der Waals surface area contributed by atoms with Gasteiger partial charge in [0.25, 0.3) is 11.5 Å². The van der Waals surface area contributed by atoms with E-state index in [1.165, 1.54) is 12.1 Å². The summed E-state index contributed by atoms with van der Waals surface area (Å²) >= 11 is 12.5. The summed E-state index contributed by atoms with van der Waals surface area (Å²) in [5.74, 6) is -1.28. The predicted molar refractivity (Wildman–Crippen MR) is 144 cm³/mol. The molecule has 0 aliphatic carbocycles. The van der Waals surface area contributed by atoms with Gasteiger partial charge < -0.3 is 25.2 Å². The quantitative estimate of drug-likeness (QED) is 0.445. The number of H-pyrrole nitrogens is 1. The van der Waals surface area contributed by atoms with E-state index in [-0.39, 0.29) is 41.2 Å². The lowest BCUT2D eigenvalue weighted by atomic mass is 9.93. The number of amides is 2. The summed E-state index contributed by atoms with van der Waals surface area (Å²) in [6.45, 7) is 2.96. The number of anilines is 1. The lowest BCUT2D eigenvalue weighted by Gasteiger charge is -2.36. The standard InChI is InChI=1S/C27H27Cl2FN4O4/c1-14-25-15(8-17(28)11-20(25)29)2-7-34(14)24(36)13-31-22-9-16-10-23(32-26(37)19(16)12-21(22)30)27(38)33-5-3-18(35)4-6-33/h8-12,14,18,31,35H,2-7,13H2,1H3,(H,32,37). The number of rotatable bonds is 4. The van der Waals surface area contributed by atoms with E-state index in [1.54, 1.807) is 15.9 Å². The summed E-state index contributed by atoms with van der Waals surface area (Å²) in [7, 11) is 0. The van der Waals surface area contributed by atoms with Crippen molar-refractivity contribution in [1.29, 1.82) is 0 Å². The number of nitrogens with zero attached hydrogens (tertiary/aromatic N) is 2. The number of aromatic amines is 1. The minimum Gasteiger partial charge on any atom is -0.393 e. The van der Waals surface area contributed by atoms with Crippen LogP contribution in [-0.4, -0.2) is 64.0 Å². The number of halogens is 3. The molecule has 3 N–H and O–H groups in total. The van der Waals surface area contributed by atoms with Crippen molar-refractivity contribution in [2.75, 3.05) is 31.5 Å². The number of carbonyl (C=O) groups excluding carboxylic acids is 2. The third-order valence-electron chi connectivity index (χ3n) is 7.35. The van der Waals surface area contributed by atoms with Gasteiger partial charge in [0.1, 0.15) is 11.5 Å². The average molecular weight is 561 g/mol. The maximum Gasteiger partial charge on any atom is 0.270 e.